The number of rotatable bonds is 8. The molecule has 1 aliphatic rings. The highest BCUT2D eigenvalue weighted by atomic mass is 16.3. The van der Waals surface area contributed by atoms with Gasteiger partial charge in [-0.15, -0.1) is 0 Å². The summed E-state index contributed by atoms with van der Waals surface area (Å²) >= 11 is 0. The van der Waals surface area contributed by atoms with Crippen LogP contribution in [0.4, 0.5) is 16.3 Å². The molecule has 1 saturated heterocycles. The number of amides is 2. The maximum atomic E-state index is 12.3. The molecular formula is C22H31N5O2. The summed E-state index contributed by atoms with van der Waals surface area (Å²) in [5.41, 5.74) is 1.50. The van der Waals surface area contributed by atoms with Gasteiger partial charge in [-0.1, -0.05) is 30.3 Å². The number of benzene rings is 1. The van der Waals surface area contributed by atoms with Gasteiger partial charge < -0.3 is 25.5 Å². The lowest BCUT2D eigenvalue weighted by atomic mass is 9.95. The van der Waals surface area contributed by atoms with E-state index in [9.17, 15) is 9.90 Å². The van der Waals surface area contributed by atoms with Crippen LogP contribution in [-0.2, 0) is 0 Å². The zero-order valence-corrected chi connectivity index (χ0v) is 17.2. The van der Waals surface area contributed by atoms with Crippen LogP contribution in [0, 0.1) is 5.92 Å². The second-order valence-corrected chi connectivity index (χ2v) is 7.81. The summed E-state index contributed by atoms with van der Waals surface area (Å²) in [6.45, 7) is 3.09. The molecule has 1 fully saturated rings. The third kappa shape index (κ3) is 6.17. The Kier molecular flexibility index (Phi) is 7.43. The molecule has 29 heavy (non-hydrogen) atoms. The minimum absolute atomic E-state index is 0.131. The lowest BCUT2D eigenvalue weighted by Crippen LogP contribution is -2.39. The van der Waals surface area contributed by atoms with Gasteiger partial charge in [0, 0.05) is 32.1 Å². The van der Waals surface area contributed by atoms with Crippen LogP contribution in [0.25, 0.3) is 0 Å². The number of carbonyl (C=O) groups excluding carboxylic acids is 1. The number of hydrogen-bond donors (Lipinski definition) is 3. The van der Waals surface area contributed by atoms with Crippen LogP contribution in [0.1, 0.15) is 24.5 Å². The Morgan fingerprint density at radius 2 is 1.90 bits per heavy atom. The van der Waals surface area contributed by atoms with E-state index in [1.54, 1.807) is 6.20 Å². The van der Waals surface area contributed by atoms with Gasteiger partial charge in [-0.25, -0.2) is 9.78 Å². The largest absolute Gasteiger partial charge is 0.388 e. The van der Waals surface area contributed by atoms with E-state index in [0.29, 0.717) is 18.8 Å². The average Bonchev–Trinajstić information content (AvgIpc) is 3.26. The molecule has 0 spiro atoms. The lowest BCUT2D eigenvalue weighted by molar-refractivity contribution is 0.0911. The van der Waals surface area contributed by atoms with Crippen LogP contribution in [0.15, 0.2) is 48.7 Å². The summed E-state index contributed by atoms with van der Waals surface area (Å²) in [6.07, 6.45) is 3.43. The maximum Gasteiger partial charge on any atom is 0.319 e. The fourth-order valence-corrected chi connectivity index (χ4v) is 3.66. The molecule has 3 N–H and O–H groups in total. The number of urea groups is 1. The Morgan fingerprint density at radius 3 is 2.52 bits per heavy atom. The van der Waals surface area contributed by atoms with Gasteiger partial charge in [0.25, 0.3) is 0 Å². The van der Waals surface area contributed by atoms with Crippen LogP contribution in [0.5, 0.6) is 0 Å². The highest BCUT2D eigenvalue weighted by Crippen LogP contribution is 2.22. The Labute approximate surface area is 172 Å². The molecule has 0 unspecified atom stereocenters. The monoisotopic (exact) mass is 397 g/mol. The van der Waals surface area contributed by atoms with E-state index in [-0.39, 0.29) is 11.9 Å². The number of nitrogens with zero attached hydrogens (tertiary/aromatic N) is 3. The standard InChI is InChI=1S/C22H31N5O2/c1-26(2)16-18(21(28)17-8-4-3-5-9-17)14-24-22(29)25-19-10-11-20(23-15-19)27-12-6-7-13-27/h3-5,8-11,15,18,21,28H,6-7,12-14,16H2,1-2H3,(H2,24,25,29)/t18-,21-/m0/s1. The van der Waals surface area contributed by atoms with Crippen molar-refractivity contribution in [1.82, 2.24) is 15.2 Å². The van der Waals surface area contributed by atoms with Gasteiger partial charge >= 0.3 is 6.03 Å². The van der Waals surface area contributed by atoms with Crippen molar-refractivity contribution in [3.63, 3.8) is 0 Å². The van der Waals surface area contributed by atoms with Crippen LogP contribution in [0.3, 0.4) is 0 Å². The van der Waals surface area contributed by atoms with E-state index in [1.807, 2.05) is 61.5 Å². The van der Waals surface area contributed by atoms with E-state index < -0.39 is 6.10 Å². The number of hydrogen-bond acceptors (Lipinski definition) is 5. The van der Waals surface area contributed by atoms with E-state index in [2.05, 4.69) is 20.5 Å². The smallest absolute Gasteiger partial charge is 0.319 e. The summed E-state index contributed by atoms with van der Waals surface area (Å²) in [4.78, 5) is 21.1. The van der Waals surface area contributed by atoms with Crippen molar-refractivity contribution in [1.29, 1.82) is 0 Å². The van der Waals surface area contributed by atoms with E-state index in [4.69, 9.17) is 0 Å². The fourth-order valence-electron chi connectivity index (χ4n) is 3.66. The van der Waals surface area contributed by atoms with Crippen molar-refractivity contribution in [2.24, 2.45) is 5.92 Å². The van der Waals surface area contributed by atoms with Crippen LogP contribution < -0.4 is 15.5 Å². The first-order valence-corrected chi connectivity index (χ1v) is 10.2. The maximum absolute atomic E-state index is 12.3. The van der Waals surface area contributed by atoms with Crippen LogP contribution in [-0.4, -0.2) is 61.3 Å². The third-order valence-electron chi connectivity index (χ3n) is 5.15. The number of carbonyl (C=O) groups is 1. The predicted molar refractivity (Wildman–Crippen MR) is 116 cm³/mol. The average molecular weight is 398 g/mol. The molecule has 7 nitrogen and oxygen atoms in total. The van der Waals surface area contributed by atoms with Gasteiger partial charge in [0.15, 0.2) is 0 Å². The molecule has 3 rings (SSSR count). The minimum Gasteiger partial charge on any atom is -0.388 e. The normalized spacial score (nSPS) is 15.9. The Bertz CT molecular complexity index is 761. The number of aliphatic hydroxyl groups excluding tert-OH is 1. The molecule has 7 heteroatoms. The SMILES string of the molecule is CN(C)C[C@H](CNC(=O)Nc1ccc(N2CCCC2)nc1)[C@@H](O)c1ccccc1. The summed E-state index contributed by atoms with van der Waals surface area (Å²) < 4.78 is 0. The number of anilines is 2. The Balaban J connectivity index is 1.54. The molecule has 2 aromatic rings. The molecule has 1 aromatic heterocycles. The molecule has 2 atom stereocenters. The molecule has 1 aliphatic heterocycles. The molecule has 0 bridgehead atoms. The van der Waals surface area contributed by atoms with Crippen molar-refractivity contribution in [2.45, 2.75) is 18.9 Å². The molecule has 2 amide bonds. The van der Waals surface area contributed by atoms with Crippen molar-refractivity contribution in [3.8, 4) is 0 Å². The summed E-state index contributed by atoms with van der Waals surface area (Å²) in [6, 6.07) is 13.1. The first-order chi connectivity index (χ1) is 14.0. The van der Waals surface area contributed by atoms with Gasteiger partial charge in [-0.05, 0) is 44.6 Å². The molecule has 156 valence electrons. The van der Waals surface area contributed by atoms with Crippen molar-refractivity contribution in [3.05, 3.63) is 54.2 Å². The zero-order valence-electron chi connectivity index (χ0n) is 17.2. The van der Waals surface area contributed by atoms with E-state index >= 15 is 0 Å². The number of aliphatic hydroxyl groups is 1. The number of nitrogens with one attached hydrogen (secondary N) is 2. The van der Waals surface area contributed by atoms with E-state index in [1.165, 1.54) is 12.8 Å². The van der Waals surface area contributed by atoms with E-state index in [0.717, 1.165) is 24.5 Å². The summed E-state index contributed by atoms with van der Waals surface area (Å²) in [7, 11) is 3.91. The molecule has 2 heterocycles. The van der Waals surface area contributed by atoms with Crippen molar-refractivity contribution in [2.75, 3.05) is 50.5 Å². The molecular weight excluding hydrogens is 366 g/mol. The van der Waals surface area contributed by atoms with Crippen molar-refractivity contribution < 1.29 is 9.90 Å². The third-order valence-corrected chi connectivity index (χ3v) is 5.15. The molecule has 1 aromatic carbocycles. The lowest BCUT2D eigenvalue weighted by Gasteiger charge is -2.26. The highest BCUT2D eigenvalue weighted by molar-refractivity contribution is 5.89. The topological polar surface area (TPSA) is 80.7 Å². The van der Waals surface area contributed by atoms with Gasteiger partial charge in [0.1, 0.15) is 5.82 Å². The summed E-state index contributed by atoms with van der Waals surface area (Å²) in [5, 5.41) is 16.5. The summed E-state index contributed by atoms with van der Waals surface area (Å²) in [5.74, 6) is 0.819. The van der Waals surface area contributed by atoms with Crippen LogP contribution >= 0.6 is 0 Å². The molecule has 0 saturated carbocycles. The van der Waals surface area contributed by atoms with Gasteiger partial charge in [0.05, 0.1) is 18.0 Å². The van der Waals surface area contributed by atoms with Crippen LogP contribution in [0.2, 0.25) is 0 Å². The van der Waals surface area contributed by atoms with Crippen molar-refractivity contribution >= 4 is 17.5 Å². The second kappa shape index (κ2) is 10.2. The predicted octanol–water partition coefficient (Wildman–Crippen LogP) is 2.71. The van der Waals surface area contributed by atoms with Gasteiger partial charge in [-0.2, -0.15) is 0 Å². The molecule has 0 radical (unpaired) electrons. The minimum atomic E-state index is -0.652. The first kappa shape index (κ1) is 21.1. The zero-order chi connectivity index (χ0) is 20.6. The Morgan fingerprint density at radius 1 is 1.17 bits per heavy atom. The van der Waals surface area contributed by atoms with Gasteiger partial charge in [-0.3, -0.25) is 0 Å². The number of pyridine rings is 1. The van der Waals surface area contributed by atoms with Gasteiger partial charge in [0.2, 0.25) is 0 Å². The second-order valence-electron chi connectivity index (χ2n) is 7.81. The number of aromatic nitrogens is 1. The fraction of sp³-hybridized carbons (Fsp3) is 0.455. The molecule has 0 aliphatic carbocycles. The Hall–Kier alpha value is -2.64. The highest BCUT2D eigenvalue weighted by Gasteiger charge is 2.22. The quantitative estimate of drug-likeness (QED) is 0.638. The first-order valence-electron chi connectivity index (χ1n) is 10.2.